The second-order valence-electron chi connectivity index (χ2n) is 6.05. The zero-order chi connectivity index (χ0) is 18.8. The van der Waals surface area contributed by atoms with E-state index < -0.39 is 19.9 Å². The number of halogens is 1. The van der Waals surface area contributed by atoms with Crippen molar-refractivity contribution in [2.24, 2.45) is 0 Å². The fraction of sp³-hybridized carbons (Fsp3) is 0.294. The van der Waals surface area contributed by atoms with Gasteiger partial charge in [0.25, 0.3) is 0 Å². The first kappa shape index (κ1) is 19.3. The Bertz CT molecular complexity index is 987. The minimum atomic E-state index is -3.93. The van der Waals surface area contributed by atoms with E-state index in [1.807, 2.05) is 0 Å². The first-order valence-corrected chi connectivity index (χ1v) is 11.5. The summed E-state index contributed by atoms with van der Waals surface area (Å²) in [5, 5.41) is 3.14. The van der Waals surface area contributed by atoms with Gasteiger partial charge in [0.05, 0.1) is 14.8 Å². The van der Waals surface area contributed by atoms with Crippen LogP contribution in [0.15, 0.2) is 63.2 Å². The van der Waals surface area contributed by atoms with Crippen LogP contribution in [-0.4, -0.2) is 36.0 Å². The SMILES string of the molecule is O=S(=O)(NC1CCNCC1)c1cc(S(=O)(=O)c2ccccc2)ccc1Cl. The van der Waals surface area contributed by atoms with Crippen LogP contribution in [0.4, 0.5) is 0 Å². The van der Waals surface area contributed by atoms with Gasteiger partial charge in [0.15, 0.2) is 0 Å². The minimum Gasteiger partial charge on any atom is -0.317 e. The van der Waals surface area contributed by atoms with Crippen LogP contribution in [0.3, 0.4) is 0 Å². The Morgan fingerprint density at radius 2 is 1.58 bits per heavy atom. The maximum absolute atomic E-state index is 12.7. The van der Waals surface area contributed by atoms with Crippen LogP contribution in [0.2, 0.25) is 5.02 Å². The monoisotopic (exact) mass is 414 g/mol. The molecule has 9 heteroatoms. The second kappa shape index (κ2) is 7.66. The number of sulfone groups is 1. The summed E-state index contributed by atoms with van der Waals surface area (Å²) in [4.78, 5) is -0.245. The summed E-state index contributed by atoms with van der Waals surface area (Å²) in [7, 11) is -7.76. The van der Waals surface area contributed by atoms with E-state index in [1.54, 1.807) is 18.2 Å². The van der Waals surface area contributed by atoms with Gasteiger partial charge in [-0.25, -0.2) is 21.6 Å². The molecular weight excluding hydrogens is 396 g/mol. The molecule has 0 aromatic heterocycles. The van der Waals surface area contributed by atoms with Crippen LogP contribution in [0.1, 0.15) is 12.8 Å². The van der Waals surface area contributed by atoms with Crippen LogP contribution in [-0.2, 0) is 19.9 Å². The van der Waals surface area contributed by atoms with E-state index in [2.05, 4.69) is 10.0 Å². The van der Waals surface area contributed by atoms with Crippen molar-refractivity contribution in [3.63, 3.8) is 0 Å². The average molecular weight is 415 g/mol. The molecule has 0 radical (unpaired) electrons. The van der Waals surface area contributed by atoms with Crippen LogP contribution in [0.5, 0.6) is 0 Å². The molecule has 0 atom stereocenters. The van der Waals surface area contributed by atoms with Gasteiger partial charge in [-0.1, -0.05) is 29.8 Å². The average Bonchev–Trinajstić information content (AvgIpc) is 2.63. The van der Waals surface area contributed by atoms with E-state index in [9.17, 15) is 16.8 Å². The van der Waals surface area contributed by atoms with Crippen LogP contribution < -0.4 is 10.0 Å². The number of sulfonamides is 1. The van der Waals surface area contributed by atoms with Gasteiger partial charge in [0, 0.05) is 6.04 Å². The topological polar surface area (TPSA) is 92.3 Å². The van der Waals surface area contributed by atoms with Crippen molar-refractivity contribution in [2.75, 3.05) is 13.1 Å². The molecule has 1 aliphatic heterocycles. The zero-order valence-corrected chi connectivity index (χ0v) is 16.2. The molecule has 0 spiro atoms. The number of rotatable bonds is 5. The van der Waals surface area contributed by atoms with Gasteiger partial charge in [-0.05, 0) is 56.3 Å². The van der Waals surface area contributed by atoms with Crippen LogP contribution in [0.25, 0.3) is 0 Å². The summed E-state index contributed by atoms with van der Waals surface area (Å²) in [6.45, 7) is 1.45. The Labute approximate surface area is 158 Å². The second-order valence-corrected chi connectivity index (χ2v) is 10.1. The maximum atomic E-state index is 12.7. The number of hydrogen-bond acceptors (Lipinski definition) is 5. The van der Waals surface area contributed by atoms with Crippen molar-refractivity contribution in [2.45, 2.75) is 33.6 Å². The summed E-state index contributed by atoms with van der Waals surface area (Å²) in [6.07, 6.45) is 1.33. The molecule has 0 unspecified atom stereocenters. The van der Waals surface area contributed by atoms with E-state index in [0.717, 1.165) is 19.2 Å². The van der Waals surface area contributed by atoms with Gasteiger partial charge in [-0.3, -0.25) is 0 Å². The minimum absolute atomic E-state index is 0.0153. The predicted molar refractivity (Wildman–Crippen MR) is 99.6 cm³/mol. The molecule has 2 aromatic rings. The van der Waals surface area contributed by atoms with Crippen molar-refractivity contribution >= 4 is 31.5 Å². The summed E-state index contributed by atoms with van der Waals surface area (Å²) < 4.78 is 53.6. The molecule has 2 N–H and O–H groups in total. The molecule has 3 rings (SSSR count). The number of hydrogen-bond donors (Lipinski definition) is 2. The van der Waals surface area contributed by atoms with Gasteiger partial charge < -0.3 is 5.32 Å². The summed E-state index contributed by atoms with van der Waals surface area (Å²) in [5.41, 5.74) is 0. The van der Waals surface area contributed by atoms with Crippen molar-refractivity contribution in [3.8, 4) is 0 Å². The fourth-order valence-electron chi connectivity index (χ4n) is 2.82. The maximum Gasteiger partial charge on any atom is 0.242 e. The molecule has 0 saturated carbocycles. The van der Waals surface area contributed by atoms with Gasteiger partial charge in [0.2, 0.25) is 19.9 Å². The van der Waals surface area contributed by atoms with E-state index in [1.165, 1.54) is 24.3 Å². The van der Waals surface area contributed by atoms with E-state index >= 15 is 0 Å². The lowest BCUT2D eigenvalue weighted by molar-refractivity contribution is 0.427. The summed E-state index contributed by atoms with van der Waals surface area (Å²) in [5.74, 6) is 0. The first-order chi connectivity index (χ1) is 12.3. The molecule has 0 bridgehead atoms. The molecule has 1 fully saturated rings. The Morgan fingerprint density at radius 3 is 2.23 bits per heavy atom. The van der Waals surface area contributed by atoms with Gasteiger partial charge in [-0.2, -0.15) is 0 Å². The Kier molecular flexibility index (Phi) is 5.69. The Balaban J connectivity index is 1.97. The highest BCUT2D eigenvalue weighted by molar-refractivity contribution is 7.91. The normalized spacial score (nSPS) is 16.5. The fourth-order valence-corrected chi connectivity index (χ4v) is 6.03. The number of benzene rings is 2. The summed E-state index contributed by atoms with van der Waals surface area (Å²) >= 11 is 6.07. The standard InChI is InChI=1S/C17H19ClN2O4S2/c18-16-7-6-15(25(21,22)14-4-2-1-3-5-14)12-17(16)26(23,24)20-13-8-10-19-11-9-13/h1-7,12-13,19-20H,8-11H2. The summed E-state index contributed by atoms with van der Waals surface area (Å²) in [6, 6.07) is 11.4. The lowest BCUT2D eigenvalue weighted by atomic mass is 10.1. The third-order valence-corrected chi connectivity index (χ3v) is 7.99. The third kappa shape index (κ3) is 4.10. The largest absolute Gasteiger partial charge is 0.317 e. The highest BCUT2D eigenvalue weighted by Gasteiger charge is 2.26. The zero-order valence-electron chi connectivity index (χ0n) is 13.9. The van der Waals surface area contributed by atoms with Gasteiger partial charge >= 0.3 is 0 Å². The van der Waals surface area contributed by atoms with Gasteiger partial charge in [0.1, 0.15) is 4.90 Å². The van der Waals surface area contributed by atoms with Crippen molar-refractivity contribution in [3.05, 3.63) is 53.6 Å². The predicted octanol–water partition coefficient (Wildman–Crippen LogP) is 2.20. The van der Waals surface area contributed by atoms with Crippen molar-refractivity contribution in [1.29, 1.82) is 0 Å². The molecule has 26 heavy (non-hydrogen) atoms. The smallest absolute Gasteiger partial charge is 0.242 e. The molecule has 1 saturated heterocycles. The molecular formula is C17H19ClN2O4S2. The third-order valence-electron chi connectivity index (χ3n) is 4.22. The molecule has 140 valence electrons. The molecule has 2 aromatic carbocycles. The highest BCUT2D eigenvalue weighted by atomic mass is 35.5. The quantitative estimate of drug-likeness (QED) is 0.782. The molecule has 1 aliphatic rings. The van der Waals surface area contributed by atoms with Crippen LogP contribution >= 0.6 is 11.6 Å². The Morgan fingerprint density at radius 1 is 0.923 bits per heavy atom. The Hall–Kier alpha value is -1.45. The van der Waals surface area contributed by atoms with E-state index in [-0.39, 0.29) is 25.8 Å². The van der Waals surface area contributed by atoms with Crippen LogP contribution in [0, 0.1) is 0 Å². The van der Waals surface area contributed by atoms with Gasteiger partial charge in [-0.15, -0.1) is 0 Å². The highest BCUT2D eigenvalue weighted by Crippen LogP contribution is 2.28. The molecule has 1 heterocycles. The lowest BCUT2D eigenvalue weighted by Gasteiger charge is -2.23. The number of nitrogens with one attached hydrogen (secondary N) is 2. The number of piperidine rings is 1. The molecule has 0 amide bonds. The van der Waals surface area contributed by atoms with Crippen molar-refractivity contribution in [1.82, 2.24) is 10.0 Å². The van der Waals surface area contributed by atoms with Crippen molar-refractivity contribution < 1.29 is 16.8 Å². The lowest BCUT2D eigenvalue weighted by Crippen LogP contribution is -2.42. The van der Waals surface area contributed by atoms with E-state index in [4.69, 9.17) is 11.6 Å². The molecule has 6 nitrogen and oxygen atoms in total. The van der Waals surface area contributed by atoms with E-state index in [0.29, 0.717) is 12.8 Å². The molecule has 0 aliphatic carbocycles. The first-order valence-electron chi connectivity index (χ1n) is 8.13.